The molecule has 0 atom stereocenters. The van der Waals surface area contributed by atoms with E-state index >= 15 is 0 Å². The SMILES string of the molecule is CC(O)=Cc1c(C(C)C)oc(-c2ccccc2)c1-c1ccc(F)cc1. The fourth-order valence-electron chi connectivity index (χ4n) is 2.94. The van der Waals surface area contributed by atoms with Crippen LogP contribution in [-0.4, -0.2) is 5.11 Å². The molecule has 1 aromatic heterocycles. The lowest BCUT2D eigenvalue weighted by molar-refractivity contribution is 0.419. The van der Waals surface area contributed by atoms with Crippen LogP contribution in [0.25, 0.3) is 28.5 Å². The highest BCUT2D eigenvalue weighted by Crippen LogP contribution is 2.42. The van der Waals surface area contributed by atoms with Gasteiger partial charge in [-0.2, -0.15) is 0 Å². The molecule has 128 valence electrons. The Morgan fingerprint density at radius 1 is 1.00 bits per heavy atom. The zero-order chi connectivity index (χ0) is 18.0. The molecule has 1 N–H and O–H groups in total. The molecule has 1 heterocycles. The van der Waals surface area contributed by atoms with Gasteiger partial charge in [-0.25, -0.2) is 4.39 Å². The predicted molar refractivity (Wildman–Crippen MR) is 99.9 cm³/mol. The van der Waals surface area contributed by atoms with Crippen LogP contribution < -0.4 is 0 Å². The number of hydrogen-bond acceptors (Lipinski definition) is 2. The van der Waals surface area contributed by atoms with Gasteiger partial charge in [-0.15, -0.1) is 0 Å². The topological polar surface area (TPSA) is 33.4 Å². The maximum Gasteiger partial charge on any atom is 0.142 e. The molecule has 3 rings (SSSR count). The Labute approximate surface area is 147 Å². The van der Waals surface area contributed by atoms with Gasteiger partial charge in [-0.1, -0.05) is 56.3 Å². The summed E-state index contributed by atoms with van der Waals surface area (Å²) in [6.07, 6.45) is 1.71. The van der Waals surface area contributed by atoms with Gasteiger partial charge in [0.15, 0.2) is 0 Å². The van der Waals surface area contributed by atoms with E-state index in [1.807, 2.05) is 44.2 Å². The third-order valence-electron chi connectivity index (χ3n) is 4.02. The number of furan rings is 1. The molecule has 0 unspecified atom stereocenters. The lowest BCUT2D eigenvalue weighted by Gasteiger charge is -2.06. The number of aliphatic hydroxyl groups is 1. The summed E-state index contributed by atoms with van der Waals surface area (Å²) in [6.45, 7) is 5.73. The zero-order valence-corrected chi connectivity index (χ0v) is 14.6. The Hall–Kier alpha value is -2.81. The first-order valence-corrected chi connectivity index (χ1v) is 8.32. The molecule has 0 amide bonds. The number of aliphatic hydroxyl groups excluding tert-OH is 1. The summed E-state index contributed by atoms with van der Waals surface area (Å²) in [5.74, 6) is 1.58. The molecule has 0 radical (unpaired) electrons. The lowest BCUT2D eigenvalue weighted by Crippen LogP contribution is -1.90. The molecule has 2 aromatic carbocycles. The first-order valence-electron chi connectivity index (χ1n) is 8.32. The van der Waals surface area contributed by atoms with Crippen LogP contribution in [0.4, 0.5) is 4.39 Å². The summed E-state index contributed by atoms with van der Waals surface area (Å²) in [5.41, 5.74) is 3.49. The van der Waals surface area contributed by atoms with Crippen molar-refractivity contribution in [1.82, 2.24) is 0 Å². The third kappa shape index (κ3) is 3.50. The monoisotopic (exact) mass is 336 g/mol. The normalized spacial score (nSPS) is 12.0. The Bertz CT molecular complexity index is 884. The molecule has 3 heteroatoms. The molecule has 3 aromatic rings. The van der Waals surface area contributed by atoms with E-state index in [1.54, 1.807) is 25.1 Å². The highest BCUT2D eigenvalue weighted by molar-refractivity contribution is 5.88. The second-order valence-corrected chi connectivity index (χ2v) is 6.40. The van der Waals surface area contributed by atoms with Crippen molar-refractivity contribution in [3.8, 4) is 22.5 Å². The Balaban J connectivity index is 2.34. The fraction of sp³-hybridized carbons (Fsp3) is 0.182. The molecule has 0 saturated heterocycles. The molecule has 0 aliphatic carbocycles. The molecule has 0 saturated carbocycles. The molecule has 0 bridgehead atoms. The van der Waals surface area contributed by atoms with E-state index in [2.05, 4.69) is 0 Å². The maximum absolute atomic E-state index is 13.4. The summed E-state index contributed by atoms with van der Waals surface area (Å²) < 4.78 is 19.6. The van der Waals surface area contributed by atoms with E-state index in [-0.39, 0.29) is 17.5 Å². The van der Waals surface area contributed by atoms with Crippen LogP contribution in [0, 0.1) is 5.82 Å². The smallest absolute Gasteiger partial charge is 0.142 e. The highest BCUT2D eigenvalue weighted by Gasteiger charge is 2.23. The van der Waals surface area contributed by atoms with Crippen LogP contribution >= 0.6 is 0 Å². The van der Waals surface area contributed by atoms with Crippen molar-refractivity contribution in [1.29, 1.82) is 0 Å². The van der Waals surface area contributed by atoms with Gasteiger partial charge < -0.3 is 9.52 Å². The largest absolute Gasteiger partial charge is 0.513 e. The minimum absolute atomic E-state index is 0.141. The van der Waals surface area contributed by atoms with E-state index in [1.165, 1.54) is 12.1 Å². The van der Waals surface area contributed by atoms with Crippen LogP contribution in [0.15, 0.2) is 64.8 Å². The number of halogens is 1. The standard InChI is InChI=1S/C22H21FO2/c1-14(2)21-19(13-15(3)24)20(16-9-11-18(23)12-10-16)22(25-21)17-7-5-4-6-8-17/h4-14,24H,1-3H3. The number of hydrogen-bond donors (Lipinski definition) is 1. The van der Waals surface area contributed by atoms with Gasteiger partial charge in [-0.05, 0) is 30.7 Å². The maximum atomic E-state index is 13.4. The van der Waals surface area contributed by atoms with Gasteiger partial charge in [0, 0.05) is 22.6 Å². The van der Waals surface area contributed by atoms with Crippen LogP contribution in [0.3, 0.4) is 0 Å². The van der Waals surface area contributed by atoms with E-state index in [9.17, 15) is 9.50 Å². The number of allylic oxidation sites excluding steroid dienone is 1. The van der Waals surface area contributed by atoms with Crippen LogP contribution in [0.5, 0.6) is 0 Å². The molecule has 0 aliphatic heterocycles. The van der Waals surface area contributed by atoms with Gasteiger partial charge in [0.25, 0.3) is 0 Å². The third-order valence-corrected chi connectivity index (χ3v) is 4.02. The molecule has 25 heavy (non-hydrogen) atoms. The van der Waals surface area contributed by atoms with Crippen molar-refractivity contribution in [2.75, 3.05) is 0 Å². The van der Waals surface area contributed by atoms with Gasteiger partial charge in [-0.3, -0.25) is 0 Å². The van der Waals surface area contributed by atoms with E-state index < -0.39 is 0 Å². The van der Waals surface area contributed by atoms with Crippen LogP contribution in [0.2, 0.25) is 0 Å². The van der Waals surface area contributed by atoms with E-state index in [4.69, 9.17) is 4.42 Å². The fourth-order valence-corrected chi connectivity index (χ4v) is 2.94. The Morgan fingerprint density at radius 3 is 2.20 bits per heavy atom. The van der Waals surface area contributed by atoms with Gasteiger partial charge in [0.2, 0.25) is 0 Å². The molecular formula is C22H21FO2. The molecular weight excluding hydrogens is 315 g/mol. The predicted octanol–water partition coefficient (Wildman–Crippen LogP) is 6.79. The number of benzene rings is 2. The van der Waals surface area contributed by atoms with Crippen LogP contribution in [-0.2, 0) is 0 Å². The second-order valence-electron chi connectivity index (χ2n) is 6.40. The second kappa shape index (κ2) is 6.98. The van der Waals surface area contributed by atoms with Crippen molar-refractivity contribution >= 4 is 6.08 Å². The zero-order valence-electron chi connectivity index (χ0n) is 14.6. The van der Waals surface area contributed by atoms with Crippen molar-refractivity contribution < 1.29 is 13.9 Å². The highest BCUT2D eigenvalue weighted by atomic mass is 19.1. The van der Waals surface area contributed by atoms with Crippen molar-refractivity contribution in [3.05, 3.63) is 77.5 Å². The van der Waals surface area contributed by atoms with Crippen molar-refractivity contribution in [3.63, 3.8) is 0 Å². The molecule has 0 aliphatic rings. The summed E-state index contributed by atoms with van der Waals surface area (Å²) >= 11 is 0. The quantitative estimate of drug-likeness (QED) is 0.532. The average Bonchev–Trinajstić information content (AvgIpc) is 2.95. The van der Waals surface area contributed by atoms with Gasteiger partial charge >= 0.3 is 0 Å². The van der Waals surface area contributed by atoms with Gasteiger partial charge in [0.05, 0.1) is 5.76 Å². The summed E-state index contributed by atoms with van der Waals surface area (Å²) in [7, 11) is 0. The average molecular weight is 336 g/mol. The minimum atomic E-state index is -0.284. The van der Waals surface area contributed by atoms with E-state index in [0.717, 1.165) is 33.8 Å². The van der Waals surface area contributed by atoms with Crippen LogP contribution in [0.1, 0.15) is 38.0 Å². The number of rotatable bonds is 4. The van der Waals surface area contributed by atoms with Gasteiger partial charge in [0.1, 0.15) is 17.3 Å². The first kappa shape index (κ1) is 17.0. The molecule has 0 fully saturated rings. The summed E-state index contributed by atoms with van der Waals surface area (Å²) in [6, 6.07) is 16.2. The van der Waals surface area contributed by atoms with Crippen molar-refractivity contribution in [2.24, 2.45) is 0 Å². The summed E-state index contributed by atoms with van der Waals surface area (Å²) in [4.78, 5) is 0. The lowest BCUT2D eigenvalue weighted by atomic mass is 9.94. The Kier molecular flexibility index (Phi) is 4.75. The first-order chi connectivity index (χ1) is 12.0. The van der Waals surface area contributed by atoms with E-state index in [0.29, 0.717) is 0 Å². The molecule has 2 nitrogen and oxygen atoms in total. The molecule has 0 spiro atoms. The van der Waals surface area contributed by atoms with Crippen molar-refractivity contribution in [2.45, 2.75) is 26.7 Å². The minimum Gasteiger partial charge on any atom is -0.513 e. The Morgan fingerprint density at radius 2 is 1.64 bits per heavy atom. The summed E-state index contributed by atoms with van der Waals surface area (Å²) in [5, 5.41) is 9.87.